The van der Waals surface area contributed by atoms with E-state index in [4.69, 9.17) is 18.9 Å². The summed E-state index contributed by atoms with van der Waals surface area (Å²) in [4.78, 5) is 42.4. The summed E-state index contributed by atoms with van der Waals surface area (Å²) in [6, 6.07) is 2.86. The van der Waals surface area contributed by atoms with Gasteiger partial charge in [-0.25, -0.2) is 9.59 Å². The monoisotopic (exact) mass is 540 g/mol. The summed E-state index contributed by atoms with van der Waals surface area (Å²) in [5, 5.41) is 12.7. The van der Waals surface area contributed by atoms with E-state index in [2.05, 4.69) is 4.90 Å². The highest BCUT2D eigenvalue weighted by molar-refractivity contribution is 5.89. The predicted octanol–water partition coefficient (Wildman–Crippen LogP) is 1.83. The van der Waals surface area contributed by atoms with E-state index in [0.29, 0.717) is 30.7 Å². The Bertz CT molecular complexity index is 1280. The normalized spacial score (nSPS) is 34.3. The Morgan fingerprint density at radius 1 is 1.15 bits per heavy atom. The molecule has 1 aromatic carbocycles. The molecule has 1 aliphatic carbocycles. The minimum absolute atomic E-state index is 0.186. The van der Waals surface area contributed by atoms with E-state index in [1.165, 1.54) is 27.2 Å². The van der Waals surface area contributed by atoms with E-state index >= 15 is 0 Å². The molecule has 1 spiro atoms. The van der Waals surface area contributed by atoms with Gasteiger partial charge in [0.05, 0.1) is 27.4 Å². The topological polar surface area (TPSA) is 115 Å². The van der Waals surface area contributed by atoms with Gasteiger partial charge < -0.3 is 29.0 Å². The SMILES string of the molecule is CC[C@]12C=CCN3CC[C@@]4(c5cc(/C=C/C(=O)OC)c(OC)cc5N(C)[C@H]4[C@@](O)(C(=O)OC)[C@@H]1OC(C)=O)[C@@H]32. The third-order valence-corrected chi connectivity index (χ3v) is 9.36. The Morgan fingerprint density at radius 3 is 2.51 bits per heavy atom. The highest BCUT2D eigenvalue weighted by Gasteiger charge is 2.80. The summed E-state index contributed by atoms with van der Waals surface area (Å²) >= 11 is 0. The van der Waals surface area contributed by atoms with Gasteiger partial charge in [-0.05, 0) is 37.1 Å². The third-order valence-electron chi connectivity index (χ3n) is 9.36. The van der Waals surface area contributed by atoms with Crippen LogP contribution in [-0.4, -0.2) is 93.2 Å². The fourth-order valence-corrected chi connectivity index (χ4v) is 8.13. The fourth-order valence-electron chi connectivity index (χ4n) is 8.13. The molecule has 3 heterocycles. The number of esters is 3. The average molecular weight is 541 g/mol. The quantitative estimate of drug-likeness (QED) is 0.248. The molecule has 6 atom stereocenters. The van der Waals surface area contributed by atoms with Gasteiger partial charge in [-0.15, -0.1) is 0 Å². The lowest BCUT2D eigenvalue weighted by atomic mass is 9.47. The summed E-state index contributed by atoms with van der Waals surface area (Å²) in [5.74, 6) is -1.41. The molecule has 0 bridgehead atoms. The maximum atomic E-state index is 13.7. The molecule has 4 aliphatic rings. The van der Waals surface area contributed by atoms with Gasteiger partial charge in [0.1, 0.15) is 5.75 Å². The van der Waals surface area contributed by atoms with Gasteiger partial charge in [-0.1, -0.05) is 19.1 Å². The first-order valence-electron chi connectivity index (χ1n) is 13.2. The number of benzene rings is 1. The Morgan fingerprint density at radius 2 is 1.90 bits per heavy atom. The van der Waals surface area contributed by atoms with Crippen molar-refractivity contribution in [1.29, 1.82) is 0 Å². The van der Waals surface area contributed by atoms with Crippen molar-refractivity contribution in [2.75, 3.05) is 46.4 Å². The number of nitrogens with zero attached hydrogens (tertiary/aromatic N) is 2. The second kappa shape index (κ2) is 9.38. The van der Waals surface area contributed by atoms with Crippen LogP contribution in [0.4, 0.5) is 5.69 Å². The van der Waals surface area contributed by atoms with Crippen molar-refractivity contribution >= 4 is 29.7 Å². The maximum absolute atomic E-state index is 13.7. The van der Waals surface area contributed by atoms with Gasteiger partial charge in [0.2, 0.25) is 5.60 Å². The summed E-state index contributed by atoms with van der Waals surface area (Å²) in [5.41, 5.74) is -1.40. The molecule has 3 aliphatic heterocycles. The second-order valence-corrected chi connectivity index (χ2v) is 10.8. The molecule has 0 amide bonds. The van der Waals surface area contributed by atoms with Crippen LogP contribution in [0.1, 0.15) is 37.8 Å². The van der Waals surface area contributed by atoms with Crippen molar-refractivity contribution in [3.05, 3.63) is 41.5 Å². The molecule has 0 aromatic heterocycles. The predicted molar refractivity (Wildman–Crippen MR) is 142 cm³/mol. The lowest BCUT2D eigenvalue weighted by Gasteiger charge is -2.63. The molecule has 5 rings (SSSR count). The van der Waals surface area contributed by atoms with Crippen molar-refractivity contribution in [2.45, 2.75) is 55.9 Å². The second-order valence-electron chi connectivity index (χ2n) is 10.8. The standard InChI is InChI=1S/C29H36N2O8/c1-7-27-11-8-13-31-14-12-28(23(27)31)19-15-18(9-10-22(33)37-5)21(36-4)16-20(19)30(3)24(28)29(35,26(34)38-6)25(27)39-17(2)32/h8-11,15-16,23-25,35H,7,12-14H2,1-6H3/b10-9+/t23-,24+,25+,27+,28+,29-/m0/s1. The Balaban J connectivity index is 1.84. The van der Waals surface area contributed by atoms with Crippen LogP contribution in [0, 0.1) is 5.41 Å². The van der Waals surface area contributed by atoms with Gasteiger partial charge >= 0.3 is 17.9 Å². The Kier molecular flexibility index (Phi) is 6.54. The summed E-state index contributed by atoms with van der Waals surface area (Å²) in [7, 11) is 5.93. The first kappa shape index (κ1) is 27.2. The molecular formula is C29H36N2O8. The maximum Gasteiger partial charge on any atom is 0.344 e. The van der Waals surface area contributed by atoms with Crippen LogP contribution in [-0.2, 0) is 34.0 Å². The minimum Gasteiger partial charge on any atom is -0.496 e. The highest BCUT2D eigenvalue weighted by atomic mass is 16.6. The number of methoxy groups -OCH3 is 3. The number of anilines is 1. The van der Waals surface area contributed by atoms with Crippen molar-refractivity contribution < 1.29 is 38.4 Å². The Labute approximate surface area is 228 Å². The van der Waals surface area contributed by atoms with E-state index in [9.17, 15) is 19.5 Å². The zero-order valence-corrected chi connectivity index (χ0v) is 23.2. The molecule has 39 heavy (non-hydrogen) atoms. The largest absolute Gasteiger partial charge is 0.496 e. The first-order valence-corrected chi connectivity index (χ1v) is 13.2. The number of carbonyl (C=O) groups is 3. The summed E-state index contributed by atoms with van der Waals surface area (Å²) < 4.78 is 21.6. The molecule has 1 N–H and O–H groups in total. The number of ether oxygens (including phenoxy) is 4. The molecule has 210 valence electrons. The third kappa shape index (κ3) is 3.43. The first-order chi connectivity index (χ1) is 18.6. The number of likely N-dealkylation sites (N-methyl/N-ethyl adjacent to an activating group) is 1. The highest BCUT2D eigenvalue weighted by Crippen LogP contribution is 2.67. The smallest absolute Gasteiger partial charge is 0.344 e. The Hall–Kier alpha value is -3.37. The van der Waals surface area contributed by atoms with Crippen LogP contribution in [0.2, 0.25) is 0 Å². The number of aliphatic hydroxyl groups is 1. The van der Waals surface area contributed by atoms with E-state index in [1.54, 1.807) is 13.2 Å². The molecule has 10 heteroatoms. The molecular weight excluding hydrogens is 504 g/mol. The number of rotatable bonds is 6. The molecule has 1 saturated carbocycles. The lowest BCUT2D eigenvalue weighted by molar-refractivity contribution is -0.228. The van der Waals surface area contributed by atoms with Crippen molar-refractivity contribution in [3.63, 3.8) is 0 Å². The van der Waals surface area contributed by atoms with Gasteiger partial charge in [0, 0.05) is 60.8 Å². The van der Waals surface area contributed by atoms with E-state index in [0.717, 1.165) is 17.8 Å². The molecule has 1 aromatic rings. The van der Waals surface area contributed by atoms with Gasteiger partial charge in [-0.2, -0.15) is 0 Å². The van der Waals surface area contributed by atoms with Crippen molar-refractivity contribution in [3.8, 4) is 5.75 Å². The van der Waals surface area contributed by atoms with E-state index < -0.39 is 46.5 Å². The van der Waals surface area contributed by atoms with Gasteiger partial charge in [0.15, 0.2) is 6.10 Å². The van der Waals surface area contributed by atoms with Crippen molar-refractivity contribution in [2.24, 2.45) is 5.41 Å². The molecule has 0 radical (unpaired) electrons. The van der Waals surface area contributed by atoms with Gasteiger partial charge in [0.25, 0.3) is 0 Å². The number of hydrogen-bond acceptors (Lipinski definition) is 10. The molecule has 1 saturated heterocycles. The zero-order valence-electron chi connectivity index (χ0n) is 23.2. The van der Waals surface area contributed by atoms with E-state index in [1.807, 2.05) is 43.2 Å². The van der Waals surface area contributed by atoms with Crippen LogP contribution >= 0.6 is 0 Å². The fraction of sp³-hybridized carbons (Fsp3) is 0.552. The zero-order chi connectivity index (χ0) is 28.3. The summed E-state index contributed by atoms with van der Waals surface area (Å²) in [6.07, 6.45) is 7.03. The summed E-state index contributed by atoms with van der Waals surface area (Å²) in [6.45, 7) is 4.71. The van der Waals surface area contributed by atoms with E-state index in [-0.39, 0.29) is 6.04 Å². The van der Waals surface area contributed by atoms with Crippen LogP contribution < -0.4 is 9.64 Å². The lowest BCUT2D eigenvalue weighted by Crippen LogP contribution is -2.81. The molecule has 0 unspecified atom stereocenters. The molecule has 2 fully saturated rings. The van der Waals surface area contributed by atoms with Gasteiger partial charge in [-0.3, -0.25) is 9.69 Å². The number of carbonyl (C=O) groups excluding carboxylic acids is 3. The number of hydrogen-bond donors (Lipinski definition) is 1. The van der Waals surface area contributed by atoms with Crippen LogP contribution in [0.3, 0.4) is 0 Å². The van der Waals surface area contributed by atoms with Crippen LogP contribution in [0.5, 0.6) is 5.75 Å². The van der Waals surface area contributed by atoms with Crippen molar-refractivity contribution in [1.82, 2.24) is 4.90 Å². The average Bonchev–Trinajstić information content (AvgIpc) is 3.44. The number of fused-ring (bicyclic) bond motifs is 1. The van der Waals surface area contributed by atoms with Crippen LogP contribution in [0.15, 0.2) is 30.4 Å². The minimum atomic E-state index is -2.19. The molecule has 10 nitrogen and oxygen atoms in total. The van der Waals surface area contributed by atoms with Crippen LogP contribution in [0.25, 0.3) is 6.08 Å².